The van der Waals surface area contributed by atoms with E-state index in [4.69, 9.17) is 9.47 Å². The molecule has 0 bridgehead atoms. The Morgan fingerprint density at radius 3 is 2.71 bits per heavy atom. The summed E-state index contributed by atoms with van der Waals surface area (Å²) < 4.78 is 11.2. The van der Waals surface area contributed by atoms with Crippen molar-refractivity contribution in [1.29, 1.82) is 0 Å². The van der Waals surface area contributed by atoms with Crippen LogP contribution in [0.5, 0.6) is 5.75 Å². The number of hydrogen-bond donors (Lipinski definition) is 0. The predicted molar refractivity (Wildman–Crippen MR) is 65.8 cm³/mol. The molecule has 90 valence electrons. The van der Waals surface area contributed by atoms with Crippen LogP contribution in [0.1, 0.15) is 24.8 Å². The first-order valence-corrected chi connectivity index (χ1v) is 5.88. The Kier molecular flexibility index (Phi) is 4.33. The zero-order valence-electron chi connectivity index (χ0n) is 9.67. The normalized spacial score (nSPS) is 20.4. The molecule has 3 heteroatoms. The summed E-state index contributed by atoms with van der Waals surface area (Å²) in [6.45, 7) is 0.783. The van der Waals surface area contributed by atoms with Crippen molar-refractivity contribution in [3.05, 3.63) is 35.9 Å². The molecule has 0 amide bonds. The Balaban J connectivity index is 1.92. The summed E-state index contributed by atoms with van der Waals surface area (Å²) in [6, 6.07) is 7.61. The summed E-state index contributed by atoms with van der Waals surface area (Å²) in [5.74, 6) is 0.806. The van der Waals surface area contributed by atoms with Crippen LogP contribution < -0.4 is 4.74 Å². The Bertz CT molecular complexity index is 375. The summed E-state index contributed by atoms with van der Waals surface area (Å²) in [5.41, 5.74) is 0.981. The minimum atomic E-state index is -0.111. The summed E-state index contributed by atoms with van der Waals surface area (Å²) in [7, 11) is 0. The molecular formula is C14H16O3. The van der Waals surface area contributed by atoms with Gasteiger partial charge in [0.15, 0.2) is 6.29 Å². The third kappa shape index (κ3) is 3.71. The maximum atomic E-state index is 10.2. The second-order valence-corrected chi connectivity index (χ2v) is 3.98. The fourth-order valence-electron chi connectivity index (χ4n) is 1.76. The number of carbonyl (C=O) groups is 1. The number of aldehydes is 1. The Hall–Kier alpha value is -1.61. The molecule has 1 aliphatic heterocycles. The van der Waals surface area contributed by atoms with Crippen molar-refractivity contribution in [1.82, 2.24) is 0 Å². The lowest BCUT2D eigenvalue weighted by atomic mass is 10.2. The van der Waals surface area contributed by atoms with Crippen LogP contribution in [-0.2, 0) is 9.53 Å². The molecule has 1 aromatic rings. The Morgan fingerprint density at radius 2 is 2.06 bits per heavy atom. The highest BCUT2D eigenvalue weighted by molar-refractivity contribution is 5.73. The second kappa shape index (κ2) is 6.21. The lowest BCUT2D eigenvalue weighted by Crippen LogP contribution is -2.24. The van der Waals surface area contributed by atoms with Crippen LogP contribution >= 0.6 is 0 Å². The van der Waals surface area contributed by atoms with Gasteiger partial charge in [0.1, 0.15) is 12.0 Å². The van der Waals surface area contributed by atoms with E-state index in [1.165, 1.54) is 6.08 Å². The van der Waals surface area contributed by atoms with Crippen molar-refractivity contribution in [3.63, 3.8) is 0 Å². The molecule has 1 heterocycles. The maximum Gasteiger partial charge on any atom is 0.199 e. The van der Waals surface area contributed by atoms with Gasteiger partial charge in [-0.05, 0) is 36.6 Å². The van der Waals surface area contributed by atoms with Crippen LogP contribution in [0.15, 0.2) is 30.3 Å². The fourth-order valence-corrected chi connectivity index (χ4v) is 1.76. The van der Waals surface area contributed by atoms with E-state index in [1.807, 2.05) is 24.3 Å². The first-order chi connectivity index (χ1) is 8.38. The number of hydrogen-bond acceptors (Lipinski definition) is 3. The molecule has 1 unspecified atom stereocenters. The van der Waals surface area contributed by atoms with Crippen molar-refractivity contribution in [2.45, 2.75) is 25.6 Å². The molecule has 1 atom stereocenters. The zero-order valence-corrected chi connectivity index (χ0v) is 9.67. The molecule has 3 nitrogen and oxygen atoms in total. The molecule has 1 aromatic carbocycles. The van der Waals surface area contributed by atoms with Gasteiger partial charge in [-0.3, -0.25) is 4.79 Å². The smallest absolute Gasteiger partial charge is 0.199 e. The van der Waals surface area contributed by atoms with E-state index in [0.717, 1.165) is 43.5 Å². The summed E-state index contributed by atoms with van der Waals surface area (Å²) in [6.07, 6.45) is 7.11. The molecule has 0 radical (unpaired) electrons. The number of ether oxygens (including phenoxy) is 2. The molecule has 1 saturated heterocycles. The van der Waals surface area contributed by atoms with Crippen molar-refractivity contribution in [2.24, 2.45) is 0 Å². The highest BCUT2D eigenvalue weighted by Gasteiger charge is 2.14. The number of carbonyl (C=O) groups excluding carboxylic acids is 1. The number of allylic oxidation sites excluding steroid dienone is 1. The zero-order chi connectivity index (χ0) is 11.9. The number of rotatable bonds is 4. The van der Waals surface area contributed by atoms with Gasteiger partial charge in [-0.2, -0.15) is 0 Å². The molecule has 1 fully saturated rings. The van der Waals surface area contributed by atoms with Gasteiger partial charge in [-0.1, -0.05) is 18.2 Å². The standard InChI is InChI=1S/C14H16O3/c15-10-3-4-12-6-8-13(9-7-12)17-14-5-1-2-11-16-14/h3-4,6-10,14H,1-2,5,11H2/b4-3+. The minimum absolute atomic E-state index is 0.111. The third-order valence-electron chi connectivity index (χ3n) is 2.65. The topological polar surface area (TPSA) is 35.5 Å². The highest BCUT2D eigenvalue weighted by Crippen LogP contribution is 2.19. The van der Waals surface area contributed by atoms with Crippen LogP contribution in [0, 0.1) is 0 Å². The van der Waals surface area contributed by atoms with Gasteiger partial charge in [-0.25, -0.2) is 0 Å². The first-order valence-electron chi connectivity index (χ1n) is 5.88. The lowest BCUT2D eigenvalue weighted by molar-refractivity contribution is -0.106. The molecule has 0 N–H and O–H groups in total. The van der Waals surface area contributed by atoms with E-state index < -0.39 is 0 Å². The molecule has 0 saturated carbocycles. The molecule has 2 rings (SSSR count). The van der Waals surface area contributed by atoms with Crippen LogP contribution in [0.4, 0.5) is 0 Å². The molecule has 0 aliphatic carbocycles. The first kappa shape index (κ1) is 11.9. The summed E-state index contributed by atoms with van der Waals surface area (Å²) >= 11 is 0. The monoisotopic (exact) mass is 232 g/mol. The quantitative estimate of drug-likeness (QED) is 0.591. The fraction of sp³-hybridized carbons (Fsp3) is 0.357. The molecule has 17 heavy (non-hydrogen) atoms. The third-order valence-corrected chi connectivity index (χ3v) is 2.65. The molecule has 0 aromatic heterocycles. The highest BCUT2D eigenvalue weighted by atomic mass is 16.7. The van der Waals surface area contributed by atoms with Gasteiger partial charge >= 0.3 is 0 Å². The molecule has 0 spiro atoms. The SMILES string of the molecule is O=C/C=C/c1ccc(OC2CCCCO2)cc1. The summed E-state index contributed by atoms with van der Waals surface area (Å²) in [5, 5.41) is 0. The number of benzene rings is 1. The van der Waals surface area contributed by atoms with E-state index in [-0.39, 0.29) is 6.29 Å². The minimum Gasteiger partial charge on any atom is -0.465 e. The van der Waals surface area contributed by atoms with Gasteiger partial charge in [0.25, 0.3) is 0 Å². The van der Waals surface area contributed by atoms with Crippen molar-refractivity contribution < 1.29 is 14.3 Å². The largest absolute Gasteiger partial charge is 0.465 e. The van der Waals surface area contributed by atoms with Gasteiger partial charge in [-0.15, -0.1) is 0 Å². The van der Waals surface area contributed by atoms with Crippen molar-refractivity contribution >= 4 is 12.4 Å². The lowest BCUT2D eigenvalue weighted by Gasteiger charge is -2.23. The van der Waals surface area contributed by atoms with Gasteiger partial charge < -0.3 is 9.47 Å². The van der Waals surface area contributed by atoms with E-state index in [1.54, 1.807) is 6.08 Å². The second-order valence-electron chi connectivity index (χ2n) is 3.98. The molecule has 1 aliphatic rings. The average Bonchev–Trinajstić information content (AvgIpc) is 2.39. The van der Waals surface area contributed by atoms with Gasteiger partial charge in [0.05, 0.1) is 6.61 Å². The van der Waals surface area contributed by atoms with Crippen molar-refractivity contribution in [3.8, 4) is 5.75 Å². The Labute approximate surface area is 101 Å². The van der Waals surface area contributed by atoms with E-state index in [2.05, 4.69) is 0 Å². The van der Waals surface area contributed by atoms with Crippen LogP contribution in [0.25, 0.3) is 6.08 Å². The van der Waals surface area contributed by atoms with Gasteiger partial charge in [0, 0.05) is 6.42 Å². The van der Waals surface area contributed by atoms with Crippen LogP contribution in [-0.4, -0.2) is 19.2 Å². The van der Waals surface area contributed by atoms with Crippen LogP contribution in [0.2, 0.25) is 0 Å². The Morgan fingerprint density at radius 1 is 1.24 bits per heavy atom. The van der Waals surface area contributed by atoms with E-state index in [0.29, 0.717) is 0 Å². The predicted octanol–water partition coefficient (Wildman–Crippen LogP) is 2.80. The summed E-state index contributed by atoms with van der Waals surface area (Å²) in [4.78, 5) is 10.2. The van der Waals surface area contributed by atoms with E-state index in [9.17, 15) is 4.79 Å². The molecular weight excluding hydrogens is 216 g/mol. The van der Waals surface area contributed by atoms with Crippen molar-refractivity contribution in [2.75, 3.05) is 6.61 Å². The maximum absolute atomic E-state index is 10.2. The van der Waals surface area contributed by atoms with Crippen LogP contribution in [0.3, 0.4) is 0 Å². The van der Waals surface area contributed by atoms with E-state index >= 15 is 0 Å². The average molecular weight is 232 g/mol. The van der Waals surface area contributed by atoms with Gasteiger partial charge in [0.2, 0.25) is 0 Å².